The minimum Gasteiger partial charge on any atom is -0.504 e. The highest BCUT2D eigenvalue weighted by Crippen LogP contribution is 2.40. The van der Waals surface area contributed by atoms with Gasteiger partial charge >= 0.3 is 0 Å². The summed E-state index contributed by atoms with van der Waals surface area (Å²) in [7, 11) is 6.09. The van der Waals surface area contributed by atoms with Crippen molar-refractivity contribution in [2.75, 3.05) is 61.2 Å². The maximum atomic E-state index is 12.2. The van der Waals surface area contributed by atoms with Gasteiger partial charge in [0.2, 0.25) is 28.0 Å². The van der Waals surface area contributed by atoms with Crippen LogP contribution in [0.2, 0.25) is 0 Å². The van der Waals surface area contributed by atoms with E-state index in [0.717, 1.165) is 81.2 Å². The van der Waals surface area contributed by atoms with E-state index in [2.05, 4.69) is 77.7 Å². The van der Waals surface area contributed by atoms with Crippen LogP contribution in [-0.4, -0.2) is 153 Å². The highest BCUT2D eigenvalue weighted by Gasteiger charge is 2.34. The maximum absolute atomic E-state index is 12.2. The van der Waals surface area contributed by atoms with Crippen molar-refractivity contribution in [1.29, 1.82) is 0 Å². The molecule has 0 aliphatic carbocycles. The average molecular weight is 1520 g/mol. The van der Waals surface area contributed by atoms with Crippen molar-refractivity contribution in [1.82, 2.24) is 44.6 Å². The Morgan fingerprint density at radius 3 is 1.18 bits per heavy atom. The molecule has 0 saturated carbocycles. The lowest BCUT2D eigenvalue weighted by atomic mass is 10.1. The number of aromatic hydroxyl groups is 1. The van der Waals surface area contributed by atoms with Crippen molar-refractivity contribution in [2.24, 2.45) is 0 Å². The molecule has 3 aromatic heterocycles. The summed E-state index contributed by atoms with van der Waals surface area (Å²) in [6, 6.07) is 10.3. The van der Waals surface area contributed by atoms with Crippen LogP contribution in [0.3, 0.4) is 0 Å². The maximum Gasteiger partial charge on any atom is 0.293 e. The van der Waals surface area contributed by atoms with Crippen molar-refractivity contribution in [3.05, 3.63) is 128 Å². The van der Waals surface area contributed by atoms with Gasteiger partial charge in [0.25, 0.3) is 33.4 Å². The van der Waals surface area contributed by atoms with E-state index in [9.17, 15) is 42.3 Å². The average Bonchev–Trinajstić information content (AvgIpc) is 2.23. The quantitative estimate of drug-likeness (QED) is 0.0475. The van der Waals surface area contributed by atoms with Crippen LogP contribution in [0.1, 0.15) is 44.5 Å². The van der Waals surface area contributed by atoms with Crippen LogP contribution < -0.4 is 28.4 Å². The number of hydrogen-bond donors (Lipinski definition) is 1. The van der Waals surface area contributed by atoms with Crippen LogP contribution >= 0.6 is 94.8 Å². The summed E-state index contributed by atoms with van der Waals surface area (Å²) in [6.07, 6.45) is 14.4. The molecule has 0 bridgehead atoms. The number of benzene rings is 3. The van der Waals surface area contributed by atoms with Crippen LogP contribution in [0.15, 0.2) is 98.6 Å². The van der Waals surface area contributed by atoms with E-state index >= 15 is 0 Å². The lowest BCUT2D eigenvalue weighted by Gasteiger charge is -2.13. The van der Waals surface area contributed by atoms with Gasteiger partial charge in [-0.25, -0.2) is 15.0 Å². The number of halogens is 3. The summed E-state index contributed by atoms with van der Waals surface area (Å²) in [4.78, 5) is 101. The predicted octanol–water partition coefficient (Wildman–Crippen LogP) is 11.0. The Morgan fingerprint density at radius 2 is 0.854 bits per heavy atom. The van der Waals surface area contributed by atoms with E-state index in [1.807, 2.05) is 38.3 Å². The minimum absolute atomic E-state index is 0.0279. The van der Waals surface area contributed by atoms with Crippen LogP contribution in [0.4, 0.5) is 14.4 Å². The first-order valence-electron chi connectivity index (χ1n) is 25.3. The van der Waals surface area contributed by atoms with Gasteiger partial charge < -0.3 is 33.5 Å². The Labute approximate surface area is 557 Å². The first-order chi connectivity index (χ1) is 42.2. The molecule has 2 unspecified atom stereocenters. The second kappa shape index (κ2) is 31.3. The van der Waals surface area contributed by atoms with Gasteiger partial charge in [-0.1, -0.05) is 59.6 Å². The topological polar surface area (TPSA) is 299 Å². The molecule has 6 amide bonds. The van der Waals surface area contributed by atoms with Crippen molar-refractivity contribution >= 4 is 168 Å². The fourth-order valence-electron chi connectivity index (χ4n) is 7.51. The van der Waals surface area contributed by atoms with Crippen LogP contribution in [0.5, 0.6) is 40.6 Å². The van der Waals surface area contributed by atoms with Gasteiger partial charge in [-0.3, -0.25) is 51.9 Å². The fraction of sp³-hybridized carbons (Fsp3) is 0.250. The number of carbonyl (C=O) groups excluding carboxylic acids is 6. The highest BCUT2D eigenvalue weighted by molar-refractivity contribution is 9.11. The Morgan fingerprint density at radius 1 is 0.528 bits per heavy atom. The van der Waals surface area contributed by atoms with E-state index in [1.165, 1.54) is 84.2 Å². The van der Waals surface area contributed by atoms with Gasteiger partial charge in [0.05, 0.1) is 74.3 Å². The number of amides is 6. The normalized spacial score (nSPS) is 16.0. The molecule has 3 fully saturated rings. The van der Waals surface area contributed by atoms with Crippen molar-refractivity contribution < 1.29 is 70.7 Å². The number of phenols is 1. The van der Waals surface area contributed by atoms with Gasteiger partial charge in [-0.15, -0.1) is 0 Å². The van der Waals surface area contributed by atoms with Crippen molar-refractivity contribution in [2.45, 2.75) is 49.1 Å². The Bertz CT molecular complexity index is 3820. The third-order valence-electron chi connectivity index (χ3n) is 12.3. The number of hydrogen-bond acceptors (Lipinski definition) is 25. The number of phenolic OH excluding ortho intramolecular Hbond substituents is 1. The molecule has 3 aliphatic heterocycles. The van der Waals surface area contributed by atoms with E-state index in [0.29, 0.717) is 65.0 Å². The zero-order chi connectivity index (χ0) is 65.1. The number of rotatable bonds is 18. The van der Waals surface area contributed by atoms with E-state index < -0.39 is 27.5 Å². The molecule has 24 nitrogen and oxygen atoms in total. The number of carbonyl (C=O) groups is 6. The molecule has 3 aromatic carbocycles. The second-order valence-electron chi connectivity index (χ2n) is 18.4. The van der Waals surface area contributed by atoms with E-state index in [1.54, 1.807) is 37.6 Å². The van der Waals surface area contributed by atoms with Gasteiger partial charge in [-0.05, 0) is 138 Å². The molecule has 9 rings (SSSR count). The number of nitrogens with zero attached hydrogens (tertiary/aromatic N) is 9. The molecule has 0 radical (unpaired) electrons. The van der Waals surface area contributed by atoms with Crippen LogP contribution in [-0.2, 0) is 55.8 Å². The van der Waals surface area contributed by atoms with Crippen LogP contribution in [0.25, 0.3) is 18.2 Å². The molecule has 6 aromatic rings. The molecule has 6 heterocycles. The first-order valence-corrected chi connectivity index (χ1v) is 34.5. The minimum atomic E-state index is -1.36. The molecular formula is C56H52Br3N9O15S6. The lowest BCUT2D eigenvalue weighted by molar-refractivity contribution is -0.122. The summed E-state index contributed by atoms with van der Waals surface area (Å²) in [5.41, 5.74) is 5.58. The highest BCUT2D eigenvalue weighted by atomic mass is 79.9. The molecule has 2 atom stereocenters. The van der Waals surface area contributed by atoms with Gasteiger partial charge in [0.1, 0.15) is 31.3 Å². The number of methoxy groups -OCH3 is 3. The number of ether oxygens (including phenoxy) is 6. The summed E-state index contributed by atoms with van der Waals surface area (Å²) in [6.45, 7) is 4.15. The molecule has 0 spiro atoms. The molecule has 33 heteroatoms. The Kier molecular flexibility index (Phi) is 24.6. The molecular weight excluding hydrogens is 1470 g/mol. The van der Waals surface area contributed by atoms with E-state index in [-0.39, 0.29) is 79.9 Å². The third kappa shape index (κ3) is 17.4. The van der Waals surface area contributed by atoms with E-state index in [4.69, 9.17) is 28.4 Å². The largest absolute Gasteiger partial charge is 0.504 e. The predicted molar refractivity (Wildman–Crippen MR) is 350 cm³/mol. The number of aryl methyl sites for hydroxylation is 2. The van der Waals surface area contributed by atoms with Crippen molar-refractivity contribution in [3.8, 4) is 40.6 Å². The zero-order valence-corrected chi connectivity index (χ0v) is 58.5. The summed E-state index contributed by atoms with van der Waals surface area (Å²) in [5, 5.41) is 10.2. The van der Waals surface area contributed by atoms with Crippen LogP contribution in [0, 0.1) is 13.8 Å². The molecule has 468 valence electrons. The summed E-state index contributed by atoms with van der Waals surface area (Å²) in [5.74, 6) is 1.17. The number of aromatic nitrogens is 6. The third-order valence-corrected chi connectivity index (χ3v) is 19.2. The van der Waals surface area contributed by atoms with Gasteiger partial charge in [0, 0.05) is 65.7 Å². The number of imide groups is 3. The molecule has 1 N–H and O–H groups in total. The fourth-order valence-corrected chi connectivity index (χ4v) is 12.7. The SMILES string of the molecule is COc1nc(S(C)=O)ncc1COc1cc(/C=C2\SC(=O)N(C)C2=O)c(Br)cc1C.COc1nc(S(C)=O)ncc1COc1cc(/C=C2\SC(=O)N(C)C2=O)c(Br)cc1O.COc1nc(SC)ncc1COc1cc(/C=C2\SC(=O)N(C)C2=O)c(Br)cc1C. The summed E-state index contributed by atoms with van der Waals surface area (Å²) < 4.78 is 58.6. The molecule has 89 heavy (non-hydrogen) atoms. The number of likely N-dealkylation sites (N-methyl/N-ethyl adjacent to an activating group) is 3. The monoisotopic (exact) mass is 1520 g/mol. The second-order valence-corrected chi connectivity index (χ2v) is 27.2. The first kappa shape index (κ1) is 69.7. The zero-order valence-electron chi connectivity index (χ0n) is 48.8. The number of thioether (sulfide) groups is 4. The Hall–Kier alpha value is -6.72. The molecule has 3 aliphatic rings. The smallest absolute Gasteiger partial charge is 0.293 e. The lowest BCUT2D eigenvalue weighted by Crippen LogP contribution is -2.22. The van der Waals surface area contributed by atoms with Gasteiger partial charge in [-0.2, -0.15) is 15.0 Å². The summed E-state index contributed by atoms with van der Waals surface area (Å²) >= 11 is 14.4. The Balaban J connectivity index is 0.000000190. The van der Waals surface area contributed by atoms with Crippen molar-refractivity contribution in [3.63, 3.8) is 0 Å². The standard InChI is InChI=1S/C19H18BrN3O5S2.C19H18BrN3O4S2.C18H16BrN3O6S2/c1-10-5-13(20)11(7-15-17(24)23(2)19(25)29-15)6-14(10)28-9-12-8-21-18(30(4)26)22-16(12)27-3;1-10-5-13(20)11(7-15-17(24)23(2)19(25)29-15)6-14(10)27-9-12-8-21-18(28-4)22-16(12)26-3;1-22-16(24)14(29-18(22)25)5-9-4-13(12(23)6-11(9)19)28-8-10-7-20-17(30(3)26)21-15(10)27-2/h5-8H,9H2,1-4H3;5-8H,9H2,1-4H3;4-7,23H,8H2,1-3H3/b2*15-7-;14-5-. The van der Waals surface area contributed by atoms with Gasteiger partial charge in [0.15, 0.2) is 16.7 Å². The molecule has 3 saturated heterocycles.